The summed E-state index contributed by atoms with van der Waals surface area (Å²) >= 11 is 0. The molecule has 1 aromatic rings. The van der Waals surface area contributed by atoms with Crippen LogP contribution in [0.1, 0.15) is 26.7 Å². The zero-order chi connectivity index (χ0) is 16.8. The Morgan fingerprint density at radius 1 is 1.22 bits per heavy atom. The number of benzene rings is 1. The molecule has 0 aliphatic carbocycles. The molecule has 5 nitrogen and oxygen atoms in total. The first-order chi connectivity index (χ1) is 11.1. The highest BCUT2D eigenvalue weighted by molar-refractivity contribution is 6.18. The van der Waals surface area contributed by atoms with Crippen LogP contribution in [0, 0.1) is 11.3 Å². The fourth-order valence-corrected chi connectivity index (χ4v) is 2.34. The Hall–Kier alpha value is -2.87. The lowest BCUT2D eigenvalue weighted by molar-refractivity contribution is -0.140. The quantitative estimate of drug-likeness (QED) is 0.670. The van der Waals surface area contributed by atoms with Crippen molar-refractivity contribution in [1.82, 2.24) is 4.90 Å². The van der Waals surface area contributed by atoms with Gasteiger partial charge in [0.05, 0.1) is 5.57 Å². The molecule has 1 aliphatic rings. The summed E-state index contributed by atoms with van der Waals surface area (Å²) in [6.07, 6.45) is 3.15. The number of carbonyl (C=O) groups is 2. The van der Waals surface area contributed by atoms with Crippen LogP contribution >= 0.6 is 0 Å². The topological polar surface area (TPSA) is 73.2 Å². The number of hydrogen-bond acceptors (Lipinski definition) is 4. The molecule has 2 rings (SSSR count). The number of hydrogen-bond donors (Lipinski definition) is 1. The van der Waals surface area contributed by atoms with E-state index in [1.54, 1.807) is 13.1 Å². The van der Waals surface area contributed by atoms with Gasteiger partial charge in [-0.3, -0.25) is 14.5 Å². The summed E-state index contributed by atoms with van der Waals surface area (Å²) in [7, 11) is 0. The third-order valence-electron chi connectivity index (χ3n) is 3.72. The molecule has 1 heterocycles. The van der Waals surface area contributed by atoms with Gasteiger partial charge in [-0.15, -0.1) is 0 Å². The van der Waals surface area contributed by atoms with E-state index < -0.39 is 5.91 Å². The number of imide groups is 1. The second kappa shape index (κ2) is 7.41. The Labute approximate surface area is 135 Å². The van der Waals surface area contributed by atoms with Gasteiger partial charge in [-0.25, -0.2) is 0 Å². The summed E-state index contributed by atoms with van der Waals surface area (Å²) in [6, 6.07) is 11.3. The van der Waals surface area contributed by atoms with E-state index in [0.717, 1.165) is 17.0 Å². The van der Waals surface area contributed by atoms with E-state index in [-0.39, 0.29) is 11.5 Å². The lowest BCUT2D eigenvalue weighted by Gasteiger charge is -2.27. The molecule has 1 aliphatic heterocycles. The number of amides is 2. The minimum absolute atomic E-state index is 0.0295. The normalized spacial score (nSPS) is 16.7. The Morgan fingerprint density at radius 2 is 1.91 bits per heavy atom. The molecule has 0 saturated carbocycles. The molecule has 0 saturated heterocycles. The van der Waals surface area contributed by atoms with Crippen LogP contribution in [0.25, 0.3) is 0 Å². The second-order valence-corrected chi connectivity index (χ2v) is 5.30. The van der Waals surface area contributed by atoms with E-state index in [1.807, 2.05) is 43.3 Å². The minimum Gasteiger partial charge on any atom is -0.361 e. The summed E-state index contributed by atoms with van der Waals surface area (Å²) in [5, 5.41) is 12.3. The van der Waals surface area contributed by atoms with Gasteiger partial charge in [-0.05, 0) is 31.1 Å². The lowest BCUT2D eigenvalue weighted by atomic mass is 9.96. The predicted molar refractivity (Wildman–Crippen MR) is 88.1 cm³/mol. The predicted octanol–water partition coefficient (Wildman–Crippen LogP) is 2.99. The number of para-hydroxylation sites is 1. The maximum atomic E-state index is 12.6. The van der Waals surface area contributed by atoms with Crippen LogP contribution in [0.3, 0.4) is 0 Å². The molecule has 0 aromatic heterocycles. The van der Waals surface area contributed by atoms with E-state index in [0.29, 0.717) is 24.1 Å². The van der Waals surface area contributed by atoms with Crippen molar-refractivity contribution in [1.29, 1.82) is 5.26 Å². The monoisotopic (exact) mass is 309 g/mol. The van der Waals surface area contributed by atoms with E-state index in [4.69, 9.17) is 0 Å². The first-order valence-corrected chi connectivity index (χ1v) is 7.59. The third kappa shape index (κ3) is 3.49. The van der Waals surface area contributed by atoms with Crippen LogP contribution in [0.15, 0.2) is 53.3 Å². The molecule has 0 spiro atoms. The zero-order valence-corrected chi connectivity index (χ0v) is 13.3. The van der Waals surface area contributed by atoms with Gasteiger partial charge in [-0.2, -0.15) is 5.26 Å². The number of rotatable bonds is 5. The summed E-state index contributed by atoms with van der Waals surface area (Å²) in [5.74, 6) is -0.858. The van der Waals surface area contributed by atoms with Crippen LogP contribution in [0.4, 0.5) is 5.69 Å². The molecule has 0 bridgehead atoms. The Balaban J connectivity index is 2.36. The van der Waals surface area contributed by atoms with E-state index in [1.165, 1.54) is 0 Å². The van der Waals surface area contributed by atoms with Gasteiger partial charge in [0, 0.05) is 18.4 Å². The van der Waals surface area contributed by atoms with E-state index in [9.17, 15) is 14.9 Å². The van der Waals surface area contributed by atoms with Gasteiger partial charge >= 0.3 is 0 Å². The molecule has 0 unspecified atom stereocenters. The maximum Gasteiger partial charge on any atom is 0.271 e. The van der Waals surface area contributed by atoms with Crippen molar-refractivity contribution < 1.29 is 9.59 Å². The Morgan fingerprint density at radius 3 is 2.52 bits per heavy atom. The number of nitrogens with one attached hydrogen (secondary N) is 1. The van der Waals surface area contributed by atoms with Crippen molar-refractivity contribution in [2.75, 3.05) is 11.9 Å². The Kier molecular flexibility index (Phi) is 5.32. The first-order valence-electron chi connectivity index (χ1n) is 7.59. The maximum absolute atomic E-state index is 12.6. The molecule has 1 aromatic carbocycles. The van der Waals surface area contributed by atoms with Gasteiger partial charge in [0.15, 0.2) is 0 Å². The first kappa shape index (κ1) is 16.5. The van der Waals surface area contributed by atoms with Crippen LogP contribution in [-0.4, -0.2) is 23.3 Å². The molecular weight excluding hydrogens is 290 g/mol. The molecule has 118 valence electrons. The van der Waals surface area contributed by atoms with E-state index >= 15 is 0 Å². The van der Waals surface area contributed by atoms with Crippen LogP contribution in [0.5, 0.6) is 0 Å². The SMILES string of the molecule is CCCCN1C(=O)C(C#N)=C(C)/C(=C\Nc2ccccc2)C1=O. The molecule has 1 N–H and O–H groups in total. The summed E-state index contributed by atoms with van der Waals surface area (Å²) in [5.41, 5.74) is 1.62. The van der Waals surface area contributed by atoms with Gasteiger partial charge in [0.25, 0.3) is 11.8 Å². The highest BCUT2D eigenvalue weighted by atomic mass is 16.2. The molecule has 5 heteroatoms. The number of anilines is 1. The highest BCUT2D eigenvalue weighted by Crippen LogP contribution is 2.25. The van der Waals surface area contributed by atoms with Gasteiger partial charge < -0.3 is 5.32 Å². The van der Waals surface area contributed by atoms with Crippen molar-refractivity contribution in [3.05, 3.63) is 53.3 Å². The third-order valence-corrected chi connectivity index (χ3v) is 3.72. The standard InChI is InChI=1S/C18H19N3O2/c1-3-4-10-21-17(22)15(11-19)13(2)16(18(21)23)12-20-14-8-6-5-7-9-14/h5-9,12,20H,3-4,10H2,1-2H3/b16-12+. The average molecular weight is 309 g/mol. The molecule has 23 heavy (non-hydrogen) atoms. The average Bonchev–Trinajstić information content (AvgIpc) is 2.56. The minimum atomic E-state index is -0.500. The number of unbranched alkanes of at least 4 members (excludes halogenated alkanes) is 1. The van der Waals surface area contributed by atoms with Crippen LogP contribution in [-0.2, 0) is 9.59 Å². The number of carbonyl (C=O) groups excluding carboxylic acids is 2. The second-order valence-electron chi connectivity index (χ2n) is 5.30. The van der Waals surface area contributed by atoms with Crippen LogP contribution < -0.4 is 5.32 Å². The van der Waals surface area contributed by atoms with Crippen molar-refractivity contribution >= 4 is 17.5 Å². The van der Waals surface area contributed by atoms with Crippen molar-refractivity contribution in [2.45, 2.75) is 26.7 Å². The summed E-state index contributed by atoms with van der Waals surface area (Å²) < 4.78 is 0. The van der Waals surface area contributed by atoms with Crippen LogP contribution in [0.2, 0.25) is 0 Å². The summed E-state index contributed by atoms with van der Waals surface area (Å²) in [4.78, 5) is 26.0. The largest absolute Gasteiger partial charge is 0.361 e. The van der Waals surface area contributed by atoms with Crippen molar-refractivity contribution in [2.24, 2.45) is 0 Å². The Bertz CT molecular complexity index is 712. The van der Waals surface area contributed by atoms with Crippen molar-refractivity contribution in [3.63, 3.8) is 0 Å². The molecule has 2 amide bonds. The van der Waals surface area contributed by atoms with Gasteiger partial charge in [-0.1, -0.05) is 31.5 Å². The van der Waals surface area contributed by atoms with Crippen molar-refractivity contribution in [3.8, 4) is 6.07 Å². The molecule has 0 radical (unpaired) electrons. The van der Waals surface area contributed by atoms with Gasteiger partial charge in [0.2, 0.25) is 0 Å². The summed E-state index contributed by atoms with van der Waals surface area (Å²) in [6.45, 7) is 3.94. The lowest BCUT2D eigenvalue weighted by Crippen LogP contribution is -2.43. The van der Waals surface area contributed by atoms with Gasteiger partial charge in [0.1, 0.15) is 11.6 Å². The van der Waals surface area contributed by atoms with E-state index in [2.05, 4.69) is 5.32 Å². The molecule has 0 atom stereocenters. The number of nitrogens with zero attached hydrogens (tertiary/aromatic N) is 2. The highest BCUT2D eigenvalue weighted by Gasteiger charge is 2.34. The fourth-order valence-electron chi connectivity index (χ4n) is 2.34. The zero-order valence-electron chi connectivity index (χ0n) is 13.3. The molecular formula is C18H19N3O2. The smallest absolute Gasteiger partial charge is 0.271 e. The number of nitriles is 1. The molecule has 0 fully saturated rings. The fraction of sp³-hybridized carbons (Fsp3) is 0.278.